The number of nitrogens with one attached hydrogen (secondary N) is 1. The van der Waals surface area contributed by atoms with Gasteiger partial charge in [-0.15, -0.1) is 0 Å². The summed E-state index contributed by atoms with van der Waals surface area (Å²) in [5.74, 6) is -0.439. The van der Waals surface area contributed by atoms with Gasteiger partial charge in [0.05, 0.1) is 11.0 Å². The molecule has 19 heavy (non-hydrogen) atoms. The molecule has 6 heteroatoms. The maximum Gasteiger partial charge on any atom is 0.225 e. The number of hydrogen-bond acceptors (Lipinski definition) is 4. The number of sulfone groups is 1. The third-order valence-electron chi connectivity index (χ3n) is 2.78. The smallest absolute Gasteiger partial charge is 0.225 e. The molecule has 0 bridgehead atoms. The Hall–Kier alpha value is -1.40. The molecule has 0 atom stereocenters. The maximum atomic E-state index is 11.7. The molecule has 0 fully saturated rings. The number of carbonyl (C=O) groups excluding carboxylic acids is 1. The Bertz CT molecular complexity index is 539. The molecule has 0 aliphatic carbocycles. The van der Waals surface area contributed by atoms with Crippen LogP contribution in [0, 0.1) is 0 Å². The summed E-state index contributed by atoms with van der Waals surface area (Å²) in [6.07, 6.45) is -0.0344. The van der Waals surface area contributed by atoms with Crippen LogP contribution in [0.5, 0.6) is 0 Å². The standard InChI is InChI=1S/C13H20N2O3S/c1-10(2)19(17,18)7-6-13(16)15-12-5-3-4-11(8-12)9-14/h3-5,8,10H,6-7,9,14H2,1-2H3,(H,15,16). The van der Waals surface area contributed by atoms with Gasteiger partial charge in [-0.2, -0.15) is 0 Å². The number of nitrogens with two attached hydrogens (primary N) is 1. The van der Waals surface area contributed by atoms with E-state index in [1.165, 1.54) is 0 Å². The van der Waals surface area contributed by atoms with Crippen molar-refractivity contribution in [3.05, 3.63) is 29.8 Å². The van der Waals surface area contributed by atoms with Crippen molar-refractivity contribution in [1.29, 1.82) is 0 Å². The molecule has 1 amide bonds. The zero-order valence-corrected chi connectivity index (χ0v) is 12.0. The van der Waals surface area contributed by atoms with Crippen LogP contribution in [0.15, 0.2) is 24.3 Å². The summed E-state index contributed by atoms with van der Waals surface area (Å²) in [5.41, 5.74) is 7.05. The lowest BCUT2D eigenvalue weighted by molar-refractivity contribution is -0.115. The second-order valence-corrected chi connectivity index (χ2v) is 7.30. The highest BCUT2D eigenvalue weighted by molar-refractivity contribution is 7.91. The first-order valence-electron chi connectivity index (χ1n) is 6.15. The third-order valence-corrected chi connectivity index (χ3v) is 4.99. The minimum absolute atomic E-state index is 0.0344. The summed E-state index contributed by atoms with van der Waals surface area (Å²) in [6, 6.07) is 7.17. The van der Waals surface area contributed by atoms with Crippen LogP contribution < -0.4 is 11.1 Å². The maximum absolute atomic E-state index is 11.7. The summed E-state index contributed by atoms with van der Waals surface area (Å²) >= 11 is 0. The summed E-state index contributed by atoms with van der Waals surface area (Å²) < 4.78 is 23.2. The molecule has 0 aromatic heterocycles. The summed E-state index contributed by atoms with van der Waals surface area (Å²) in [5, 5.41) is 2.21. The normalized spacial score (nSPS) is 11.6. The first kappa shape index (κ1) is 15.7. The van der Waals surface area contributed by atoms with Crippen LogP contribution in [0.25, 0.3) is 0 Å². The van der Waals surface area contributed by atoms with E-state index in [0.29, 0.717) is 12.2 Å². The number of rotatable bonds is 6. The van der Waals surface area contributed by atoms with E-state index in [-0.39, 0.29) is 18.1 Å². The highest BCUT2D eigenvalue weighted by atomic mass is 32.2. The molecule has 3 N–H and O–H groups in total. The average Bonchev–Trinajstić information content (AvgIpc) is 2.36. The minimum Gasteiger partial charge on any atom is -0.326 e. The lowest BCUT2D eigenvalue weighted by atomic mass is 10.2. The number of anilines is 1. The van der Waals surface area contributed by atoms with E-state index in [0.717, 1.165) is 5.56 Å². The minimum atomic E-state index is -3.18. The number of carbonyl (C=O) groups is 1. The second kappa shape index (κ2) is 6.68. The Balaban J connectivity index is 2.56. The molecule has 0 saturated heterocycles. The molecule has 0 aliphatic rings. The fraction of sp³-hybridized carbons (Fsp3) is 0.462. The Morgan fingerprint density at radius 2 is 2.05 bits per heavy atom. The van der Waals surface area contributed by atoms with Crippen molar-refractivity contribution >= 4 is 21.4 Å². The van der Waals surface area contributed by atoms with Crippen LogP contribution in [-0.2, 0) is 21.2 Å². The van der Waals surface area contributed by atoms with E-state index >= 15 is 0 Å². The van der Waals surface area contributed by atoms with E-state index in [1.807, 2.05) is 6.07 Å². The van der Waals surface area contributed by atoms with Crippen molar-refractivity contribution in [3.63, 3.8) is 0 Å². The van der Waals surface area contributed by atoms with Gasteiger partial charge in [0, 0.05) is 18.7 Å². The third kappa shape index (κ3) is 5.00. The Morgan fingerprint density at radius 3 is 2.63 bits per heavy atom. The fourth-order valence-electron chi connectivity index (χ4n) is 1.47. The van der Waals surface area contributed by atoms with Gasteiger partial charge in [0.25, 0.3) is 0 Å². The van der Waals surface area contributed by atoms with E-state index in [4.69, 9.17) is 5.73 Å². The zero-order valence-electron chi connectivity index (χ0n) is 11.2. The first-order valence-corrected chi connectivity index (χ1v) is 7.87. The molecule has 1 aromatic carbocycles. The molecule has 0 spiro atoms. The molecular weight excluding hydrogens is 264 g/mol. The van der Waals surface area contributed by atoms with E-state index < -0.39 is 15.1 Å². The Kier molecular flexibility index (Phi) is 5.50. The summed E-state index contributed by atoms with van der Waals surface area (Å²) in [4.78, 5) is 11.7. The molecule has 5 nitrogen and oxygen atoms in total. The lowest BCUT2D eigenvalue weighted by Crippen LogP contribution is -2.22. The predicted octanol–water partition coefficient (Wildman–Crippen LogP) is 1.30. The van der Waals surface area contributed by atoms with Gasteiger partial charge in [0.2, 0.25) is 5.91 Å². The predicted molar refractivity (Wildman–Crippen MR) is 76.5 cm³/mol. The molecule has 0 aliphatic heterocycles. The van der Waals surface area contributed by atoms with E-state index in [9.17, 15) is 13.2 Å². The van der Waals surface area contributed by atoms with Gasteiger partial charge in [-0.3, -0.25) is 4.79 Å². The van der Waals surface area contributed by atoms with Gasteiger partial charge >= 0.3 is 0 Å². The van der Waals surface area contributed by atoms with Gasteiger partial charge in [0.1, 0.15) is 0 Å². The fourth-order valence-corrected chi connectivity index (χ4v) is 2.41. The van der Waals surface area contributed by atoms with Gasteiger partial charge in [-0.05, 0) is 31.5 Å². The summed E-state index contributed by atoms with van der Waals surface area (Å²) in [6.45, 7) is 3.61. The van der Waals surface area contributed by atoms with E-state index in [2.05, 4.69) is 5.32 Å². The van der Waals surface area contributed by atoms with Crippen LogP contribution >= 0.6 is 0 Å². The topological polar surface area (TPSA) is 89.3 Å². The van der Waals surface area contributed by atoms with Crippen LogP contribution in [0.1, 0.15) is 25.8 Å². The van der Waals surface area contributed by atoms with Crippen LogP contribution in [-0.4, -0.2) is 25.3 Å². The zero-order chi connectivity index (χ0) is 14.5. The van der Waals surface area contributed by atoms with Crippen molar-refractivity contribution in [2.75, 3.05) is 11.1 Å². The molecule has 0 unspecified atom stereocenters. The largest absolute Gasteiger partial charge is 0.326 e. The van der Waals surface area contributed by atoms with E-state index in [1.54, 1.807) is 32.0 Å². The van der Waals surface area contributed by atoms with Crippen molar-refractivity contribution in [1.82, 2.24) is 0 Å². The second-order valence-electron chi connectivity index (χ2n) is 4.62. The Morgan fingerprint density at radius 1 is 1.37 bits per heavy atom. The molecule has 106 valence electrons. The van der Waals surface area contributed by atoms with Crippen LogP contribution in [0.4, 0.5) is 5.69 Å². The highest BCUT2D eigenvalue weighted by Crippen LogP contribution is 2.11. The van der Waals surface area contributed by atoms with Gasteiger partial charge in [0.15, 0.2) is 9.84 Å². The van der Waals surface area contributed by atoms with Gasteiger partial charge in [-0.1, -0.05) is 12.1 Å². The molecule has 1 aromatic rings. The Labute approximate surface area is 114 Å². The molecular formula is C13H20N2O3S. The lowest BCUT2D eigenvalue weighted by Gasteiger charge is -2.09. The van der Waals surface area contributed by atoms with Crippen molar-refractivity contribution in [2.45, 2.75) is 32.1 Å². The highest BCUT2D eigenvalue weighted by Gasteiger charge is 2.17. The molecule has 0 saturated carbocycles. The van der Waals surface area contributed by atoms with Crippen LogP contribution in [0.2, 0.25) is 0 Å². The van der Waals surface area contributed by atoms with Gasteiger partial charge in [-0.25, -0.2) is 8.42 Å². The quantitative estimate of drug-likeness (QED) is 0.824. The number of hydrogen-bond donors (Lipinski definition) is 2. The SMILES string of the molecule is CC(C)S(=O)(=O)CCC(=O)Nc1cccc(CN)c1. The van der Waals surface area contributed by atoms with Gasteiger partial charge < -0.3 is 11.1 Å². The van der Waals surface area contributed by atoms with Crippen molar-refractivity contribution in [3.8, 4) is 0 Å². The van der Waals surface area contributed by atoms with Crippen LogP contribution in [0.3, 0.4) is 0 Å². The molecule has 0 radical (unpaired) electrons. The van der Waals surface area contributed by atoms with Crippen molar-refractivity contribution < 1.29 is 13.2 Å². The number of amides is 1. The summed E-state index contributed by atoms with van der Waals surface area (Å²) in [7, 11) is -3.18. The number of benzene rings is 1. The first-order chi connectivity index (χ1) is 8.85. The molecule has 1 rings (SSSR count). The monoisotopic (exact) mass is 284 g/mol. The molecule has 0 heterocycles. The average molecular weight is 284 g/mol. The van der Waals surface area contributed by atoms with Crippen molar-refractivity contribution in [2.24, 2.45) is 5.73 Å².